The minimum absolute atomic E-state index is 0.173. The van der Waals surface area contributed by atoms with Crippen molar-refractivity contribution in [3.8, 4) is 0 Å². The molecule has 1 N–H and O–H groups in total. The van der Waals surface area contributed by atoms with Crippen molar-refractivity contribution < 1.29 is 9.59 Å². The van der Waals surface area contributed by atoms with Crippen LogP contribution in [0.2, 0.25) is 5.02 Å². The molecule has 2 aromatic carbocycles. The van der Waals surface area contributed by atoms with Crippen LogP contribution in [0.5, 0.6) is 0 Å². The Morgan fingerprint density at radius 1 is 1.12 bits per heavy atom. The van der Waals surface area contributed by atoms with Crippen LogP contribution in [0.4, 0.5) is 5.69 Å². The summed E-state index contributed by atoms with van der Waals surface area (Å²) in [7, 11) is 0. The Labute approximate surface area is 195 Å². The van der Waals surface area contributed by atoms with Crippen LogP contribution >= 0.6 is 22.9 Å². The highest BCUT2D eigenvalue weighted by molar-refractivity contribution is 7.16. The first-order chi connectivity index (χ1) is 15.4. The summed E-state index contributed by atoms with van der Waals surface area (Å²) >= 11 is 7.56. The van der Waals surface area contributed by atoms with Crippen LogP contribution in [0.15, 0.2) is 66.0 Å². The number of fused-ring (bicyclic) bond motifs is 3. The number of anilines is 1. The van der Waals surface area contributed by atoms with E-state index in [1.807, 2.05) is 72.3 Å². The van der Waals surface area contributed by atoms with Gasteiger partial charge in [-0.15, -0.1) is 11.3 Å². The van der Waals surface area contributed by atoms with Gasteiger partial charge in [-0.3, -0.25) is 14.5 Å². The van der Waals surface area contributed by atoms with Crippen molar-refractivity contribution in [3.05, 3.63) is 87.9 Å². The molecule has 0 saturated heterocycles. The second kappa shape index (κ2) is 7.80. The molecule has 0 radical (unpaired) electrons. The van der Waals surface area contributed by atoms with Gasteiger partial charge in [0.2, 0.25) is 5.91 Å². The van der Waals surface area contributed by atoms with Gasteiger partial charge in [-0.05, 0) is 61.2 Å². The van der Waals surface area contributed by atoms with E-state index in [1.165, 1.54) is 0 Å². The zero-order valence-corrected chi connectivity index (χ0v) is 19.3. The molecule has 2 amide bonds. The zero-order valence-electron chi connectivity index (χ0n) is 17.8. The average molecular weight is 464 g/mol. The van der Waals surface area contributed by atoms with Gasteiger partial charge in [-0.2, -0.15) is 0 Å². The van der Waals surface area contributed by atoms with Crippen LogP contribution in [0.1, 0.15) is 28.5 Å². The maximum absolute atomic E-state index is 13.7. The lowest BCUT2D eigenvalue weighted by molar-refractivity contribution is -0.126. The van der Waals surface area contributed by atoms with Gasteiger partial charge >= 0.3 is 0 Å². The zero-order chi connectivity index (χ0) is 22.5. The molecule has 0 fully saturated rings. The lowest BCUT2D eigenvalue weighted by Gasteiger charge is -2.44. The van der Waals surface area contributed by atoms with E-state index in [1.54, 1.807) is 28.4 Å². The molecule has 1 aliphatic rings. The molecule has 5 rings (SSSR count). The first-order valence-corrected chi connectivity index (χ1v) is 11.6. The highest BCUT2D eigenvalue weighted by Gasteiger charge is 2.48. The van der Waals surface area contributed by atoms with Crippen molar-refractivity contribution >= 4 is 50.7 Å². The molecular weight excluding hydrogens is 442 g/mol. The molecule has 32 heavy (non-hydrogen) atoms. The summed E-state index contributed by atoms with van der Waals surface area (Å²) in [4.78, 5) is 30.0. The van der Waals surface area contributed by atoms with Crippen molar-refractivity contribution in [1.82, 2.24) is 9.88 Å². The van der Waals surface area contributed by atoms with Gasteiger partial charge in [0.05, 0.1) is 6.54 Å². The fourth-order valence-electron chi connectivity index (χ4n) is 4.27. The number of nitrogens with one attached hydrogen (secondary N) is 1. The third-order valence-corrected chi connectivity index (χ3v) is 7.24. The van der Waals surface area contributed by atoms with Crippen LogP contribution in [0, 0.1) is 6.92 Å². The van der Waals surface area contributed by atoms with Crippen molar-refractivity contribution in [3.63, 3.8) is 0 Å². The number of carbonyl (C=O) groups is 2. The third-order valence-electron chi connectivity index (χ3n) is 6.03. The second-order valence-electron chi connectivity index (χ2n) is 8.36. The number of halogens is 1. The van der Waals surface area contributed by atoms with E-state index in [2.05, 4.69) is 5.32 Å². The first-order valence-electron chi connectivity index (χ1n) is 10.4. The molecule has 0 bridgehead atoms. The summed E-state index contributed by atoms with van der Waals surface area (Å²) in [6.45, 7) is 4.57. The minimum atomic E-state index is -1.10. The van der Waals surface area contributed by atoms with Gasteiger partial charge in [0.25, 0.3) is 5.91 Å². The molecule has 0 spiro atoms. The van der Waals surface area contributed by atoms with E-state index < -0.39 is 5.54 Å². The molecule has 1 aliphatic heterocycles. The number of rotatable bonds is 4. The summed E-state index contributed by atoms with van der Waals surface area (Å²) in [6, 6.07) is 19.0. The van der Waals surface area contributed by atoms with Gasteiger partial charge in [0, 0.05) is 22.6 Å². The van der Waals surface area contributed by atoms with E-state index >= 15 is 0 Å². The fraction of sp³-hybridized carbons (Fsp3) is 0.200. The Hall–Kier alpha value is -3.09. The molecule has 162 valence electrons. The third kappa shape index (κ3) is 3.40. The Morgan fingerprint density at radius 3 is 2.56 bits per heavy atom. The molecule has 4 aromatic rings. The van der Waals surface area contributed by atoms with E-state index in [4.69, 9.17) is 11.6 Å². The number of hydrogen-bond acceptors (Lipinski definition) is 3. The number of carbonyl (C=O) groups excluding carboxylic acids is 2. The predicted octanol–water partition coefficient (Wildman–Crippen LogP) is 5.40. The minimum Gasteiger partial charge on any atom is -0.350 e. The first kappa shape index (κ1) is 20.8. The van der Waals surface area contributed by atoms with Crippen LogP contribution in [-0.4, -0.2) is 21.9 Å². The van der Waals surface area contributed by atoms with Crippen LogP contribution in [0.25, 0.3) is 10.2 Å². The Balaban J connectivity index is 1.55. The molecular formula is C25H22ClN3O2S. The fourth-order valence-corrected chi connectivity index (χ4v) is 5.29. The molecule has 7 heteroatoms. The quantitative estimate of drug-likeness (QED) is 0.440. The van der Waals surface area contributed by atoms with Gasteiger partial charge in [-0.1, -0.05) is 41.4 Å². The smallest absolute Gasteiger partial charge is 0.275 e. The van der Waals surface area contributed by atoms with Crippen LogP contribution in [0.3, 0.4) is 0 Å². The number of nitrogens with zero attached hydrogens (tertiary/aromatic N) is 2. The Kier molecular flexibility index (Phi) is 5.07. The summed E-state index contributed by atoms with van der Waals surface area (Å²) in [5.41, 5.74) is 2.26. The van der Waals surface area contributed by atoms with Crippen molar-refractivity contribution in [2.75, 3.05) is 4.90 Å². The number of thiophene rings is 1. The number of aryl methyl sites for hydroxylation is 1. The SMILES string of the molecule is Cc1ccc(N2C(=O)c3cc4ccsc4n3C[C@]2(C)C(=O)NCc2ccc(Cl)cc2)cc1. The Bertz CT molecular complexity index is 1320. The predicted molar refractivity (Wildman–Crippen MR) is 130 cm³/mol. The van der Waals surface area contributed by atoms with Gasteiger partial charge in [-0.25, -0.2) is 0 Å². The number of hydrogen-bond donors (Lipinski definition) is 1. The monoisotopic (exact) mass is 463 g/mol. The van der Waals surface area contributed by atoms with Crippen molar-refractivity contribution in [1.29, 1.82) is 0 Å². The highest BCUT2D eigenvalue weighted by atomic mass is 35.5. The number of aromatic nitrogens is 1. The Morgan fingerprint density at radius 2 is 1.84 bits per heavy atom. The van der Waals surface area contributed by atoms with E-state index in [9.17, 15) is 9.59 Å². The lowest BCUT2D eigenvalue weighted by Crippen LogP contribution is -2.64. The van der Waals surface area contributed by atoms with Crippen LogP contribution < -0.4 is 10.2 Å². The normalized spacial score (nSPS) is 18.1. The summed E-state index contributed by atoms with van der Waals surface area (Å²) < 4.78 is 1.98. The molecule has 1 atom stereocenters. The summed E-state index contributed by atoms with van der Waals surface area (Å²) in [6.07, 6.45) is 0. The molecule has 5 nitrogen and oxygen atoms in total. The topological polar surface area (TPSA) is 54.3 Å². The molecule has 0 aliphatic carbocycles. The van der Waals surface area contributed by atoms with Gasteiger partial charge in [0.1, 0.15) is 16.1 Å². The van der Waals surface area contributed by atoms with Crippen LogP contribution in [-0.2, 0) is 17.9 Å². The molecule has 0 saturated carbocycles. The highest BCUT2D eigenvalue weighted by Crippen LogP contribution is 2.37. The summed E-state index contributed by atoms with van der Waals surface area (Å²) in [5.74, 6) is -0.377. The standard InChI is InChI=1S/C25H22ClN3O2S/c1-16-3-9-20(10-4-16)29-22(30)21-13-18-11-12-32-23(18)28(21)15-25(29,2)24(31)27-14-17-5-7-19(26)8-6-17/h3-13H,14-15H2,1-2H3,(H,27,31)/t25-/m1/s1. The van der Waals surface area contributed by atoms with Gasteiger partial charge in [0.15, 0.2) is 0 Å². The molecule has 3 heterocycles. The van der Waals surface area contributed by atoms with Gasteiger partial charge < -0.3 is 9.88 Å². The van der Waals surface area contributed by atoms with Crippen molar-refractivity contribution in [2.45, 2.75) is 32.5 Å². The molecule has 2 aromatic heterocycles. The van der Waals surface area contributed by atoms with E-state index in [0.717, 1.165) is 21.3 Å². The lowest BCUT2D eigenvalue weighted by atomic mass is 9.93. The van der Waals surface area contributed by atoms with Crippen molar-refractivity contribution in [2.24, 2.45) is 0 Å². The summed E-state index contributed by atoms with van der Waals surface area (Å²) in [5, 5.41) is 6.72. The van der Waals surface area contributed by atoms with E-state index in [0.29, 0.717) is 29.5 Å². The van der Waals surface area contributed by atoms with E-state index in [-0.39, 0.29) is 11.8 Å². The second-order valence-corrected chi connectivity index (χ2v) is 9.69. The number of amides is 2. The molecule has 0 unspecified atom stereocenters. The maximum atomic E-state index is 13.7. The number of benzene rings is 2. The largest absolute Gasteiger partial charge is 0.350 e. The average Bonchev–Trinajstić information content (AvgIpc) is 3.37. The maximum Gasteiger partial charge on any atom is 0.275 e.